The summed E-state index contributed by atoms with van der Waals surface area (Å²) in [4.78, 5) is 11.5. The molecule has 0 saturated heterocycles. The van der Waals surface area contributed by atoms with Gasteiger partial charge in [0.15, 0.2) is 6.10 Å². The average molecular weight is 355 g/mol. The summed E-state index contributed by atoms with van der Waals surface area (Å²) in [5.74, 6) is -0.769. The van der Waals surface area contributed by atoms with Crippen LogP contribution in [0.4, 0.5) is 13.2 Å². The van der Waals surface area contributed by atoms with E-state index in [2.05, 4.69) is 0 Å². The van der Waals surface area contributed by atoms with Crippen LogP contribution in [0, 0.1) is 0 Å². The van der Waals surface area contributed by atoms with Crippen molar-refractivity contribution in [3.63, 3.8) is 0 Å². The van der Waals surface area contributed by atoms with Crippen LogP contribution in [0.1, 0.15) is 22.8 Å². The van der Waals surface area contributed by atoms with E-state index >= 15 is 0 Å². The molecule has 1 unspecified atom stereocenters. The van der Waals surface area contributed by atoms with Gasteiger partial charge in [-0.1, -0.05) is 35.9 Å². The minimum Gasteiger partial charge on any atom is -0.480 e. The van der Waals surface area contributed by atoms with Crippen molar-refractivity contribution in [2.45, 2.75) is 12.3 Å². The molecule has 1 aliphatic rings. The van der Waals surface area contributed by atoms with E-state index in [4.69, 9.17) is 16.3 Å². The van der Waals surface area contributed by atoms with Gasteiger partial charge in [0.1, 0.15) is 5.75 Å². The highest BCUT2D eigenvalue weighted by Gasteiger charge is 2.35. The number of rotatable bonds is 2. The SMILES string of the molecule is O=C(O)C1=Cc2ccccc2OC1c1ccc(C(F)(F)F)c(Cl)c1. The molecule has 124 valence electrons. The largest absolute Gasteiger partial charge is 0.480 e. The van der Waals surface area contributed by atoms with Gasteiger partial charge < -0.3 is 9.84 Å². The summed E-state index contributed by atoms with van der Waals surface area (Å²) in [7, 11) is 0. The van der Waals surface area contributed by atoms with Gasteiger partial charge in [0.25, 0.3) is 0 Å². The molecule has 3 nitrogen and oxygen atoms in total. The van der Waals surface area contributed by atoms with E-state index in [0.29, 0.717) is 11.3 Å². The third-order valence-electron chi connectivity index (χ3n) is 3.61. The lowest BCUT2D eigenvalue weighted by atomic mass is 9.95. The van der Waals surface area contributed by atoms with Crippen LogP contribution in [0.3, 0.4) is 0 Å². The second-order valence-corrected chi connectivity index (χ2v) is 5.58. The van der Waals surface area contributed by atoms with Gasteiger partial charge >= 0.3 is 12.1 Å². The summed E-state index contributed by atoms with van der Waals surface area (Å²) in [6.07, 6.45) is -4.18. The van der Waals surface area contributed by atoms with E-state index in [9.17, 15) is 23.1 Å². The molecule has 1 aliphatic heterocycles. The van der Waals surface area contributed by atoms with Crippen LogP contribution in [-0.4, -0.2) is 11.1 Å². The third kappa shape index (κ3) is 2.97. The van der Waals surface area contributed by atoms with Crippen molar-refractivity contribution >= 4 is 23.6 Å². The quantitative estimate of drug-likeness (QED) is 0.829. The van der Waals surface area contributed by atoms with Crippen molar-refractivity contribution in [1.82, 2.24) is 0 Å². The molecule has 0 aromatic heterocycles. The van der Waals surface area contributed by atoms with Crippen molar-refractivity contribution in [3.8, 4) is 5.75 Å². The third-order valence-corrected chi connectivity index (χ3v) is 3.92. The first-order valence-electron chi connectivity index (χ1n) is 6.84. The van der Waals surface area contributed by atoms with Crippen molar-refractivity contribution < 1.29 is 27.8 Å². The van der Waals surface area contributed by atoms with E-state index in [0.717, 1.165) is 12.1 Å². The molecule has 3 rings (SSSR count). The zero-order valence-electron chi connectivity index (χ0n) is 12.0. The minimum atomic E-state index is -4.58. The molecule has 1 atom stereocenters. The predicted molar refractivity (Wildman–Crippen MR) is 81.9 cm³/mol. The molecule has 2 aromatic rings. The van der Waals surface area contributed by atoms with Gasteiger partial charge in [-0.25, -0.2) is 4.79 Å². The Kier molecular flexibility index (Phi) is 4.01. The number of carboxylic acids is 1. The van der Waals surface area contributed by atoms with E-state index in [1.807, 2.05) is 0 Å². The van der Waals surface area contributed by atoms with Gasteiger partial charge in [0, 0.05) is 5.56 Å². The standard InChI is InChI=1S/C17H10ClF3O3/c18-13-8-10(5-6-12(13)17(19,20)21)15-11(16(22)23)7-9-3-1-2-4-14(9)24-15/h1-8,15H,(H,22,23). The lowest BCUT2D eigenvalue weighted by Crippen LogP contribution is -2.20. The van der Waals surface area contributed by atoms with E-state index in [1.165, 1.54) is 12.1 Å². The highest BCUT2D eigenvalue weighted by molar-refractivity contribution is 6.31. The van der Waals surface area contributed by atoms with Crippen molar-refractivity contribution in [2.24, 2.45) is 0 Å². The Morgan fingerprint density at radius 2 is 1.88 bits per heavy atom. The van der Waals surface area contributed by atoms with Crippen molar-refractivity contribution in [2.75, 3.05) is 0 Å². The summed E-state index contributed by atoms with van der Waals surface area (Å²) in [6, 6.07) is 9.87. The van der Waals surface area contributed by atoms with Crippen LogP contribution < -0.4 is 4.74 Å². The summed E-state index contributed by atoms with van der Waals surface area (Å²) < 4.78 is 44.1. The maximum absolute atomic E-state index is 12.8. The van der Waals surface area contributed by atoms with Gasteiger partial charge in [-0.2, -0.15) is 13.2 Å². The molecular formula is C17H10ClF3O3. The fraction of sp³-hybridized carbons (Fsp3) is 0.118. The molecule has 1 heterocycles. The molecule has 0 amide bonds. The zero-order chi connectivity index (χ0) is 17.5. The summed E-state index contributed by atoms with van der Waals surface area (Å²) in [5, 5.41) is 8.88. The Balaban J connectivity index is 2.06. The number of alkyl halides is 3. The molecule has 0 spiro atoms. The molecule has 0 saturated carbocycles. The monoisotopic (exact) mass is 354 g/mol. The number of carboxylic acid groups (broad SMARTS) is 1. The number of hydrogen-bond donors (Lipinski definition) is 1. The lowest BCUT2D eigenvalue weighted by Gasteiger charge is -2.26. The number of fused-ring (bicyclic) bond motifs is 1. The number of hydrogen-bond acceptors (Lipinski definition) is 2. The average Bonchev–Trinajstić information content (AvgIpc) is 2.52. The number of carbonyl (C=O) groups is 1. The lowest BCUT2D eigenvalue weighted by molar-refractivity contribution is -0.137. The van der Waals surface area contributed by atoms with Gasteiger partial charge in [0.2, 0.25) is 0 Å². The van der Waals surface area contributed by atoms with Gasteiger partial charge in [0.05, 0.1) is 16.2 Å². The smallest absolute Gasteiger partial charge is 0.417 e. The molecule has 0 radical (unpaired) electrons. The Hall–Kier alpha value is -2.47. The van der Waals surface area contributed by atoms with E-state index in [1.54, 1.807) is 24.3 Å². The Morgan fingerprint density at radius 3 is 2.50 bits per heavy atom. The first kappa shape index (κ1) is 16.4. The molecule has 0 fully saturated rings. The number of ether oxygens (including phenoxy) is 1. The summed E-state index contributed by atoms with van der Waals surface area (Å²) in [5.41, 5.74) is -0.241. The number of aliphatic carboxylic acids is 1. The second-order valence-electron chi connectivity index (χ2n) is 5.18. The second kappa shape index (κ2) is 5.87. The molecular weight excluding hydrogens is 345 g/mol. The van der Waals surface area contributed by atoms with E-state index < -0.39 is 28.8 Å². The summed E-state index contributed by atoms with van der Waals surface area (Å²) in [6.45, 7) is 0. The zero-order valence-corrected chi connectivity index (χ0v) is 12.7. The van der Waals surface area contributed by atoms with Crippen LogP contribution in [0.5, 0.6) is 5.75 Å². The summed E-state index contributed by atoms with van der Waals surface area (Å²) >= 11 is 5.72. The fourth-order valence-corrected chi connectivity index (χ4v) is 2.78. The topological polar surface area (TPSA) is 46.5 Å². The number of halogens is 4. The Morgan fingerprint density at radius 1 is 1.17 bits per heavy atom. The van der Waals surface area contributed by atoms with Gasteiger partial charge in [-0.15, -0.1) is 0 Å². The Bertz CT molecular complexity index is 843. The van der Waals surface area contributed by atoms with Gasteiger partial charge in [-0.05, 0) is 29.8 Å². The molecule has 1 N–H and O–H groups in total. The molecule has 24 heavy (non-hydrogen) atoms. The van der Waals surface area contributed by atoms with Crippen LogP contribution in [0.15, 0.2) is 48.0 Å². The molecule has 0 bridgehead atoms. The maximum Gasteiger partial charge on any atom is 0.417 e. The number of benzene rings is 2. The Labute approximate surface area is 139 Å². The highest BCUT2D eigenvalue weighted by Crippen LogP contribution is 2.40. The first-order chi connectivity index (χ1) is 11.3. The maximum atomic E-state index is 12.8. The van der Waals surface area contributed by atoms with Crippen LogP contribution >= 0.6 is 11.6 Å². The molecule has 0 aliphatic carbocycles. The van der Waals surface area contributed by atoms with E-state index in [-0.39, 0.29) is 11.1 Å². The van der Waals surface area contributed by atoms with Crippen LogP contribution in [-0.2, 0) is 11.0 Å². The normalized spacial score (nSPS) is 16.8. The van der Waals surface area contributed by atoms with Gasteiger partial charge in [-0.3, -0.25) is 0 Å². The van der Waals surface area contributed by atoms with Crippen LogP contribution in [0.2, 0.25) is 5.02 Å². The number of para-hydroxylation sites is 1. The first-order valence-corrected chi connectivity index (χ1v) is 7.22. The van der Waals surface area contributed by atoms with Crippen LogP contribution in [0.25, 0.3) is 6.08 Å². The van der Waals surface area contributed by atoms with Crippen molar-refractivity contribution in [1.29, 1.82) is 0 Å². The van der Waals surface area contributed by atoms with Crippen molar-refractivity contribution in [3.05, 3.63) is 69.8 Å². The fourth-order valence-electron chi connectivity index (χ4n) is 2.49. The minimum absolute atomic E-state index is 0.0791. The molecule has 7 heteroatoms. The predicted octanol–water partition coefficient (Wildman–Crippen LogP) is 4.96. The highest BCUT2D eigenvalue weighted by atomic mass is 35.5. The molecule has 2 aromatic carbocycles.